The first-order valence-corrected chi connectivity index (χ1v) is 9.98. The van der Waals surface area contributed by atoms with Crippen LogP contribution in [0.15, 0.2) is 48.1 Å². The molecule has 4 rings (SSSR count). The molecule has 0 spiro atoms. The van der Waals surface area contributed by atoms with Crippen LogP contribution in [0.25, 0.3) is 10.6 Å². The lowest BCUT2D eigenvalue weighted by Gasteiger charge is -2.31. The van der Waals surface area contributed by atoms with E-state index in [1.165, 1.54) is 11.3 Å². The predicted octanol–water partition coefficient (Wildman–Crippen LogP) is 3.47. The molecule has 1 aliphatic rings. The number of thiazole rings is 1. The molecule has 0 atom stereocenters. The summed E-state index contributed by atoms with van der Waals surface area (Å²) >= 11 is 1.48. The molecule has 3 heterocycles. The maximum atomic E-state index is 12.8. The third kappa shape index (κ3) is 4.19. The Morgan fingerprint density at radius 3 is 2.74 bits per heavy atom. The number of amides is 1. The van der Waals surface area contributed by atoms with Crippen LogP contribution in [0.5, 0.6) is 5.75 Å². The van der Waals surface area contributed by atoms with Crippen LogP contribution in [0.3, 0.4) is 0 Å². The van der Waals surface area contributed by atoms with Crippen LogP contribution >= 0.6 is 11.3 Å². The smallest absolute Gasteiger partial charge is 0.273 e. The number of para-hydroxylation sites is 1. The second-order valence-corrected chi connectivity index (χ2v) is 7.66. The van der Waals surface area contributed by atoms with E-state index in [9.17, 15) is 4.79 Å². The second kappa shape index (κ2) is 7.92. The van der Waals surface area contributed by atoms with Crippen molar-refractivity contribution in [2.24, 2.45) is 13.0 Å². The van der Waals surface area contributed by atoms with E-state index in [-0.39, 0.29) is 5.91 Å². The van der Waals surface area contributed by atoms with Crippen molar-refractivity contribution >= 4 is 17.2 Å². The van der Waals surface area contributed by atoms with Crippen molar-refractivity contribution in [2.75, 3.05) is 19.7 Å². The van der Waals surface area contributed by atoms with E-state index in [0.717, 1.165) is 42.3 Å². The number of carbonyl (C=O) groups excluding carboxylic acids is 1. The molecule has 0 bridgehead atoms. The van der Waals surface area contributed by atoms with Gasteiger partial charge in [0.1, 0.15) is 16.5 Å². The molecular weight excluding hydrogens is 360 g/mol. The monoisotopic (exact) mass is 382 g/mol. The molecule has 1 aliphatic heterocycles. The first kappa shape index (κ1) is 17.7. The number of aryl methyl sites for hydroxylation is 1. The summed E-state index contributed by atoms with van der Waals surface area (Å²) in [7, 11) is 1.87. The number of rotatable bonds is 5. The Morgan fingerprint density at radius 2 is 2.04 bits per heavy atom. The number of benzene rings is 1. The van der Waals surface area contributed by atoms with Crippen molar-refractivity contribution in [3.8, 4) is 16.3 Å². The Morgan fingerprint density at radius 1 is 1.26 bits per heavy atom. The minimum atomic E-state index is 0.0174. The standard InChI is InChI=1S/C20H22N4O2S/c1-23-12-16(11-21-23)19-22-18(14-27-19)20(25)24-9-7-15(8-10-24)13-26-17-5-3-2-4-6-17/h2-6,11-12,14-15H,7-10,13H2,1H3. The number of carbonyl (C=O) groups is 1. The number of aromatic nitrogens is 3. The summed E-state index contributed by atoms with van der Waals surface area (Å²) in [5.74, 6) is 1.40. The molecule has 1 aromatic carbocycles. The maximum absolute atomic E-state index is 12.8. The van der Waals surface area contributed by atoms with Gasteiger partial charge in [-0.15, -0.1) is 11.3 Å². The molecule has 0 aliphatic carbocycles. The first-order chi connectivity index (χ1) is 13.2. The largest absolute Gasteiger partial charge is 0.493 e. The van der Waals surface area contributed by atoms with Gasteiger partial charge in [-0.3, -0.25) is 9.48 Å². The normalized spacial score (nSPS) is 15.1. The Kier molecular flexibility index (Phi) is 5.20. The Bertz CT molecular complexity index is 898. The summed E-state index contributed by atoms with van der Waals surface area (Å²) in [5, 5.41) is 6.83. The molecule has 140 valence electrons. The third-order valence-corrected chi connectivity index (χ3v) is 5.70. The van der Waals surface area contributed by atoms with Crippen molar-refractivity contribution in [1.82, 2.24) is 19.7 Å². The number of piperidine rings is 1. The van der Waals surface area contributed by atoms with Gasteiger partial charge in [0, 0.05) is 37.3 Å². The van der Waals surface area contributed by atoms with E-state index >= 15 is 0 Å². The molecular formula is C20H22N4O2S. The van der Waals surface area contributed by atoms with Crippen molar-refractivity contribution in [3.05, 3.63) is 53.8 Å². The van der Waals surface area contributed by atoms with E-state index < -0.39 is 0 Å². The van der Waals surface area contributed by atoms with Gasteiger partial charge in [-0.2, -0.15) is 5.10 Å². The van der Waals surface area contributed by atoms with Crippen LogP contribution in [0, 0.1) is 5.92 Å². The highest BCUT2D eigenvalue weighted by Crippen LogP contribution is 2.25. The first-order valence-electron chi connectivity index (χ1n) is 9.11. The van der Waals surface area contributed by atoms with Gasteiger partial charge >= 0.3 is 0 Å². The topological polar surface area (TPSA) is 60.2 Å². The van der Waals surface area contributed by atoms with Gasteiger partial charge in [-0.25, -0.2) is 4.98 Å². The number of nitrogens with zero attached hydrogens (tertiary/aromatic N) is 4. The fourth-order valence-electron chi connectivity index (χ4n) is 3.23. The molecule has 27 heavy (non-hydrogen) atoms. The zero-order valence-electron chi connectivity index (χ0n) is 15.2. The van der Waals surface area contributed by atoms with Crippen LogP contribution in [0.1, 0.15) is 23.3 Å². The zero-order chi connectivity index (χ0) is 18.6. The van der Waals surface area contributed by atoms with Gasteiger partial charge in [0.25, 0.3) is 5.91 Å². The average Bonchev–Trinajstić information content (AvgIpc) is 3.36. The third-order valence-electron chi connectivity index (χ3n) is 4.81. The van der Waals surface area contributed by atoms with Crippen molar-refractivity contribution in [3.63, 3.8) is 0 Å². The lowest BCUT2D eigenvalue weighted by Crippen LogP contribution is -2.39. The van der Waals surface area contributed by atoms with Gasteiger partial charge in [-0.05, 0) is 30.9 Å². The van der Waals surface area contributed by atoms with Crippen LogP contribution in [0.2, 0.25) is 0 Å². The Hall–Kier alpha value is -2.67. The lowest BCUT2D eigenvalue weighted by molar-refractivity contribution is 0.0656. The van der Waals surface area contributed by atoms with E-state index in [0.29, 0.717) is 18.2 Å². The number of likely N-dealkylation sites (tertiary alicyclic amines) is 1. The summed E-state index contributed by atoms with van der Waals surface area (Å²) in [6.45, 7) is 2.21. The van der Waals surface area contributed by atoms with Gasteiger partial charge in [0.2, 0.25) is 0 Å². The Labute approximate surface area is 162 Å². The highest BCUT2D eigenvalue weighted by atomic mass is 32.1. The van der Waals surface area contributed by atoms with E-state index in [1.807, 2.05) is 53.9 Å². The van der Waals surface area contributed by atoms with Crippen molar-refractivity contribution in [1.29, 1.82) is 0 Å². The van der Waals surface area contributed by atoms with Crippen LogP contribution in [-0.4, -0.2) is 45.3 Å². The summed E-state index contributed by atoms with van der Waals surface area (Å²) in [4.78, 5) is 19.2. The molecule has 2 aromatic heterocycles. The molecule has 3 aromatic rings. The van der Waals surface area contributed by atoms with Gasteiger partial charge in [0.05, 0.1) is 12.8 Å². The fourth-order valence-corrected chi connectivity index (χ4v) is 4.00. The predicted molar refractivity (Wildman–Crippen MR) is 105 cm³/mol. The maximum Gasteiger partial charge on any atom is 0.273 e. The van der Waals surface area contributed by atoms with Crippen molar-refractivity contribution < 1.29 is 9.53 Å². The highest BCUT2D eigenvalue weighted by molar-refractivity contribution is 7.13. The van der Waals surface area contributed by atoms with Gasteiger partial charge < -0.3 is 9.64 Å². The van der Waals surface area contributed by atoms with E-state index in [2.05, 4.69) is 10.1 Å². The molecule has 1 saturated heterocycles. The van der Waals surface area contributed by atoms with E-state index in [4.69, 9.17) is 4.74 Å². The molecule has 0 radical (unpaired) electrons. The Balaban J connectivity index is 1.30. The van der Waals surface area contributed by atoms with Crippen LogP contribution in [-0.2, 0) is 7.05 Å². The average molecular weight is 382 g/mol. The summed E-state index contributed by atoms with van der Waals surface area (Å²) < 4.78 is 7.59. The lowest BCUT2D eigenvalue weighted by atomic mass is 9.97. The molecule has 0 N–H and O–H groups in total. The zero-order valence-corrected chi connectivity index (χ0v) is 16.1. The molecule has 1 amide bonds. The van der Waals surface area contributed by atoms with Crippen molar-refractivity contribution in [2.45, 2.75) is 12.8 Å². The number of ether oxygens (including phenoxy) is 1. The minimum Gasteiger partial charge on any atom is -0.493 e. The second-order valence-electron chi connectivity index (χ2n) is 6.80. The molecule has 7 heteroatoms. The summed E-state index contributed by atoms with van der Waals surface area (Å²) in [6, 6.07) is 9.88. The summed E-state index contributed by atoms with van der Waals surface area (Å²) in [6.07, 6.45) is 5.59. The minimum absolute atomic E-state index is 0.0174. The van der Waals surface area contributed by atoms with Gasteiger partial charge in [0.15, 0.2) is 0 Å². The van der Waals surface area contributed by atoms with Gasteiger partial charge in [-0.1, -0.05) is 18.2 Å². The number of hydrogen-bond acceptors (Lipinski definition) is 5. The SMILES string of the molecule is Cn1cc(-c2nc(C(=O)N3CCC(COc4ccccc4)CC3)cs2)cn1. The summed E-state index contributed by atoms with van der Waals surface area (Å²) in [5.41, 5.74) is 1.47. The van der Waals surface area contributed by atoms with Crippen LogP contribution < -0.4 is 4.74 Å². The van der Waals surface area contributed by atoms with Crippen LogP contribution in [0.4, 0.5) is 0 Å². The molecule has 1 fully saturated rings. The quantitative estimate of drug-likeness (QED) is 0.678. The van der Waals surface area contributed by atoms with E-state index in [1.54, 1.807) is 10.9 Å². The molecule has 0 saturated carbocycles. The molecule has 6 nitrogen and oxygen atoms in total. The molecule has 0 unspecified atom stereocenters. The fraction of sp³-hybridized carbons (Fsp3) is 0.350. The highest BCUT2D eigenvalue weighted by Gasteiger charge is 2.25. The number of hydrogen-bond donors (Lipinski definition) is 0.